The van der Waals surface area contributed by atoms with Crippen LogP contribution in [0.4, 0.5) is 0 Å². The number of hydrogen-bond acceptors (Lipinski definition) is 8. The molecule has 1 aromatic carbocycles. The van der Waals surface area contributed by atoms with Crippen molar-refractivity contribution >= 4 is 28.8 Å². The van der Waals surface area contributed by atoms with Crippen molar-refractivity contribution in [1.29, 1.82) is 0 Å². The fourth-order valence-corrected chi connectivity index (χ4v) is 4.66. The van der Waals surface area contributed by atoms with Crippen molar-refractivity contribution in [2.24, 2.45) is 10.9 Å². The normalized spacial score (nSPS) is 17.1. The number of methoxy groups -OCH3 is 2. The van der Waals surface area contributed by atoms with Crippen LogP contribution in [-0.4, -0.2) is 49.3 Å². The number of carbonyl (C=O) groups is 2. The molecule has 0 fully saturated rings. The number of amides is 1. The molecule has 1 aromatic rings. The minimum absolute atomic E-state index is 0.0788. The molecule has 3 rings (SSSR count). The van der Waals surface area contributed by atoms with Crippen LogP contribution in [0.1, 0.15) is 38.8 Å². The molecular formula is C25H31N3O5S. The first-order valence-corrected chi connectivity index (χ1v) is 11.9. The van der Waals surface area contributed by atoms with E-state index in [9.17, 15) is 9.59 Å². The molecule has 0 saturated carbocycles. The van der Waals surface area contributed by atoms with Crippen LogP contribution in [0, 0.1) is 5.92 Å². The van der Waals surface area contributed by atoms with Gasteiger partial charge in [-0.1, -0.05) is 38.3 Å². The molecule has 34 heavy (non-hydrogen) atoms. The first-order valence-electron chi connectivity index (χ1n) is 11.0. The smallest absolute Gasteiger partial charge is 0.338 e. The van der Waals surface area contributed by atoms with Gasteiger partial charge in [-0.05, 0) is 35.9 Å². The Kier molecular flexibility index (Phi) is 8.44. The third kappa shape index (κ3) is 5.64. The van der Waals surface area contributed by atoms with E-state index in [0.717, 1.165) is 11.3 Å². The van der Waals surface area contributed by atoms with Crippen molar-refractivity contribution in [3.63, 3.8) is 0 Å². The number of nitrogens with zero attached hydrogens (tertiary/aromatic N) is 2. The summed E-state index contributed by atoms with van der Waals surface area (Å²) in [5.74, 6) is 0.930. The maximum atomic E-state index is 13.2. The fraction of sp³-hybridized carbons (Fsp3) is 0.400. The minimum atomic E-state index is -0.576. The Morgan fingerprint density at radius 2 is 1.91 bits per heavy atom. The highest BCUT2D eigenvalue weighted by Crippen LogP contribution is 2.46. The molecule has 1 atom stereocenters. The number of esters is 1. The highest BCUT2D eigenvalue weighted by molar-refractivity contribution is 8.16. The quantitative estimate of drug-likeness (QED) is 0.393. The highest BCUT2D eigenvalue weighted by atomic mass is 32.2. The molecule has 2 aliphatic rings. The number of ether oxygens (including phenoxy) is 3. The number of allylic oxidation sites excluding steroid dienone is 1. The molecular weight excluding hydrogens is 454 g/mol. The molecule has 8 nitrogen and oxygen atoms in total. The van der Waals surface area contributed by atoms with Crippen molar-refractivity contribution in [2.75, 3.05) is 27.4 Å². The molecule has 182 valence electrons. The molecule has 9 heteroatoms. The molecule has 1 amide bonds. The zero-order valence-electron chi connectivity index (χ0n) is 20.2. The second-order valence-electron chi connectivity index (χ2n) is 8.30. The van der Waals surface area contributed by atoms with E-state index in [1.807, 2.05) is 36.3 Å². The van der Waals surface area contributed by atoms with Gasteiger partial charge in [0.2, 0.25) is 5.91 Å². The summed E-state index contributed by atoms with van der Waals surface area (Å²) in [5.41, 5.74) is 2.44. The average Bonchev–Trinajstić information content (AvgIpc) is 3.21. The van der Waals surface area contributed by atoms with Gasteiger partial charge in [0.1, 0.15) is 18.1 Å². The Balaban J connectivity index is 2.06. The molecule has 1 N–H and O–H groups in total. The number of thioether (sulfide) groups is 1. The SMILES string of the molecule is C=CCOC(=O)C1=C(C)N=C2SC=C(CC(=O)NCC(C)C)N2[C@@H]1c1cc(OC)cc(OC)c1. The van der Waals surface area contributed by atoms with Gasteiger partial charge in [-0.25, -0.2) is 9.79 Å². The summed E-state index contributed by atoms with van der Waals surface area (Å²) in [5, 5.41) is 5.55. The number of fused-ring (bicyclic) bond motifs is 1. The van der Waals surface area contributed by atoms with Crippen molar-refractivity contribution in [2.45, 2.75) is 33.2 Å². The Morgan fingerprint density at radius 1 is 1.24 bits per heavy atom. The molecule has 0 saturated heterocycles. The second-order valence-corrected chi connectivity index (χ2v) is 9.14. The van der Waals surface area contributed by atoms with E-state index < -0.39 is 12.0 Å². The first-order chi connectivity index (χ1) is 16.3. The maximum absolute atomic E-state index is 13.2. The summed E-state index contributed by atoms with van der Waals surface area (Å²) >= 11 is 1.42. The van der Waals surface area contributed by atoms with E-state index >= 15 is 0 Å². The number of carbonyl (C=O) groups excluding carboxylic acids is 2. The van der Waals surface area contributed by atoms with Gasteiger partial charge in [0, 0.05) is 18.3 Å². The molecule has 2 heterocycles. The number of hydrogen-bond donors (Lipinski definition) is 1. The summed E-state index contributed by atoms with van der Waals surface area (Å²) in [6, 6.07) is 4.89. The van der Waals surface area contributed by atoms with Crippen molar-refractivity contribution in [3.8, 4) is 11.5 Å². The van der Waals surface area contributed by atoms with Gasteiger partial charge in [-0.2, -0.15) is 0 Å². The molecule has 0 radical (unpaired) electrons. The van der Waals surface area contributed by atoms with Crippen LogP contribution < -0.4 is 14.8 Å². The van der Waals surface area contributed by atoms with E-state index in [1.165, 1.54) is 17.8 Å². The van der Waals surface area contributed by atoms with Gasteiger partial charge in [-0.15, -0.1) is 0 Å². The van der Waals surface area contributed by atoms with Crippen LogP contribution in [0.3, 0.4) is 0 Å². The largest absolute Gasteiger partial charge is 0.497 e. The monoisotopic (exact) mass is 485 g/mol. The predicted molar refractivity (Wildman–Crippen MR) is 134 cm³/mol. The number of aliphatic imine (C=N–C) groups is 1. The maximum Gasteiger partial charge on any atom is 0.338 e. The number of benzene rings is 1. The number of rotatable bonds is 10. The molecule has 0 spiro atoms. The van der Waals surface area contributed by atoms with Gasteiger partial charge >= 0.3 is 5.97 Å². The summed E-state index contributed by atoms with van der Waals surface area (Å²) in [6.45, 7) is 10.2. The number of amidine groups is 1. The third-order valence-corrected chi connectivity index (χ3v) is 6.18. The minimum Gasteiger partial charge on any atom is -0.497 e. The Labute approximate surface area is 204 Å². The summed E-state index contributed by atoms with van der Waals surface area (Å²) in [7, 11) is 3.14. The van der Waals surface area contributed by atoms with Crippen LogP contribution in [-0.2, 0) is 14.3 Å². The van der Waals surface area contributed by atoms with Crippen molar-refractivity contribution < 1.29 is 23.8 Å². The van der Waals surface area contributed by atoms with Gasteiger partial charge in [0.05, 0.1) is 38.0 Å². The van der Waals surface area contributed by atoms with Crippen LogP contribution in [0.25, 0.3) is 0 Å². The van der Waals surface area contributed by atoms with Gasteiger partial charge in [0.25, 0.3) is 0 Å². The summed E-state index contributed by atoms with van der Waals surface area (Å²) < 4.78 is 16.4. The fourth-order valence-electron chi connectivity index (χ4n) is 3.69. The Hall–Kier alpha value is -3.20. The lowest BCUT2D eigenvalue weighted by atomic mass is 9.93. The summed E-state index contributed by atoms with van der Waals surface area (Å²) in [6.07, 6.45) is 1.68. The van der Waals surface area contributed by atoms with Crippen LogP contribution in [0.2, 0.25) is 0 Å². The van der Waals surface area contributed by atoms with Crippen molar-refractivity contribution in [1.82, 2.24) is 10.2 Å². The van der Waals surface area contributed by atoms with Gasteiger partial charge < -0.3 is 24.4 Å². The van der Waals surface area contributed by atoms with Crippen LogP contribution >= 0.6 is 11.8 Å². The lowest BCUT2D eigenvalue weighted by Gasteiger charge is -2.36. The first kappa shape index (κ1) is 25.4. The lowest BCUT2D eigenvalue weighted by molar-refractivity contribution is -0.138. The molecule has 0 aromatic heterocycles. The van der Waals surface area contributed by atoms with Crippen LogP contribution in [0.5, 0.6) is 11.5 Å². The standard InChI is InChI=1S/C25H31N3O5S/c1-7-8-33-24(30)22-16(4)27-25-28(18(14-34-25)11-21(29)26-13-15(2)3)23(22)17-9-19(31-5)12-20(10-17)32-6/h7,9-10,12,14-15,23H,1,8,11,13H2,2-6H3,(H,26,29)/t23-/m1/s1. The van der Waals surface area contributed by atoms with E-state index in [1.54, 1.807) is 27.2 Å². The van der Waals surface area contributed by atoms with E-state index in [-0.39, 0.29) is 18.9 Å². The van der Waals surface area contributed by atoms with Crippen LogP contribution in [0.15, 0.2) is 58.2 Å². The lowest BCUT2D eigenvalue weighted by Crippen LogP contribution is -2.38. The molecule has 0 unspecified atom stereocenters. The summed E-state index contributed by atoms with van der Waals surface area (Å²) in [4.78, 5) is 32.4. The zero-order valence-corrected chi connectivity index (χ0v) is 21.0. The van der Waals surface area contributed by atoms with Crippen molar-refractivity contribution in [3.05, 3.63) is 58.8 Å². The van der Waals surface area contributed by atoms with Gasteiger partial charge in [-0.3, -0.25) is 4.79 Å². The average molecular weight is 486 g/mol. The molecule has 0 aliphatic carbocycles. The van der Waals surface area contributed by atoms with Gasteiger partial charge in [0.15, 0.2) is 5.17 Å². The topological polar surface area (TPSA) is 89.5 Å². The Bertz CT molecular complexity index is 1040. The van der Waals surface area contributed by atoms with E-state index in [0.29, 0.717) is 40.4 Å². The highest BCUT2D eigenvalue weighted by Gasteiger charge is 2.41. The Morgan fingerprint density at radius 3 is 2.50 bits per heavy atom. The van der Waals surface area contributed by atoms with E-state index in [2.05, 4.69) is 16.9 Å². The van der Waals surface area contributed by atoms with E-state index in [4.69, 9.17) is 14.2 Å². The predicted octanol–water partition coefficient (Wildman–Crippen LogP) is 4.17. The zero-order chi connectivity index (χ0) is 24.8. The molecule has 0 bridgehead atoms. The number of nitrogens with one attached hydrogen (secondary N) is 1. The second kappa shape index (κ2) is 11.3. The molecule has 2 aliphatic heterocycles. The third-order valence-electron chi connectivity index (χ3n) is 5.29.